The SMILES string of the molecule is C[C@H](N(Cc1ccc(F)cc1)C(=O)CN1C(=O)OC2(CCc3cc(NC(=O)CCCC(=O)NCCCOCCOCCOCCCNC(=O)CCCC[C@@H]4SC[C@@H]5NC(=O)NC54)ccc32)C1=O)C(F)(F)F. The first-order chi connectivity index (χ1) is 34.0. The maximum Gasteiger partial charge on any atom is 0.418 e. The molecule has 0 radical (unpaired) electrons. The number of benzene rings is 2. The van der Waals surface area contributed by atoms with Gasteiger partial charge in [-0.3, -0.25) is 24.0 Å². The highest BCUT2D eigenvalue weighted by Crippen LogP contribution is 2.46. The topological polar surface area (TPSA) is 223 Å². The van der Waals surface area contributed by atoms with Crippen LogP contribution < -0.4 is 26.6 Å². The number of ether oxygens (including phenoxy) is 4. The minimum atomic E-state index is -4.84. The summed E-state index contributed by atoms with van der Waals surface area (Å²) in [5.41, 5.74) is -0.264. The number of halogens is 4. The smallest absolute Gasteiger partial charge is 0.418 e. The van der Waals surface area contributed by atoms with Crippen LogP contribution in [0, 0.1) is 5.82 Å². The van der Waals surface area contributed by atoms with Crippen LogP contribution in [0.4, 0.5) is 32.8 Å². The van der Waals surface area contributed by atoms with Crippen molar-refractivity contribution in [2.75, 3.05) is 70.3 Å². The summed E-state index contributed by atoms with van der Waals surface area (Å²) < 4.78 is 77.1. The lowest BCUT2D eigenvalue weighted by atomic mass is 9.94. The number of anilines is 1. The Morgan fingerprint density at radius 2 is 1.48 bits per heavy atom. The molecule has 1 spiro atoms. The Morgan fingerprint density at radius 1 is 0.845 bits per heavy atom. The second kappa shape index (κ2) is 26.3. The number of urea groups is 1. The van der Waals surface area contributed by atoms with Crippen molar-refractivity contribution in [3.63, 3.8) is 0 Å². The van der Waals surface area contributed by atoms with Gasteiger partial charge in [0, 0.05) is 80.8 Å². The molecule has 5 N–H and O–H groups in total. The molecule has 5 atom stereocenters. The van der Waals surface area contributed by atoms with Crippen LogP contribution in [0.15, 0.2) is 42.5 Å². The van der Waals surface area contributed by atoms with Crippen molar-refractivity contribution in [1.29, 1.82) is 0 Å². The quantitative estimate of drug-likeness (QED) is 0.0421. The van der Waals surface area contributed by atoms with Gasteiger partial charge in [-0.15, -0.1) is 0 Å². The molecule has 390 valence electrons. The molecule has 2 aromatic carbocycles. The Kier molecular flexibility index (Phi) is 20.3. The van der Waals surface area contributed by atoms with Crippen LogP contribution in [0.5, 0.6) is 0 Å². The minimum Gasteiger partial charge on any atom is -0.427 e. The average molecular weight is 1020 g/mol. The van der Waals surface area contributed by atoms with Crippen molar-refractivity contribution in [3.8, 4) is 0 Å². The molecule has 3 aliphatic heterocycles. The predicted molar refractivity (Wildman–Crippen MR) is 251 cm³/mol. The summed E-state index contributed by atoms with van der Waals surface area (Å²) in [7, 11) is 0. The molecule has 0 saturated carbocycles. The molecule has 6 rings (SSSR count). The van der Waals surface area contributed by atoms with Crippen molar-refractivity contribution in [2.24, 2.45) is 0 Å². The summed E-state index contributed by atoms with van der Waals surface area (Å²) in [4.78, 5) is 89.8. The zero-order valence-corrected chi connectivity index (χ0v) is 40.5. The predicted octanol–water partition coefficient (Wildman–Crippen LogP) is 4.82. The molecule has 2 unspecified atom stereocenters. The van der Waals surface area contributed by atoms with Gasteiger partial charge in [-0.2, -0.15) is 24.9 Å². The van der Waals surface area contributed by atoms with Gasteiger partial charge in [-0.1, -0.05) is 24.6 Å². The van der Waals surface area contributed by atoms with Gasteiger partial charge in [0.05, 0.1) is 38.5 Å². The zero-order valence-electron chi connectivity index (χ0n) is 39.7. The summed E-state index contributed by atoms with van der Waals surface area (Å²) in [6.07, 6.45) is -0.768. The van der Waals surface area contributed by atoms with E-state index in [4.69, 9.17) is 18.9 Å². The largest absolute Gasteiger partial charge is 0.427 e. The third kappa shape index (κ3) is 15.7. The molecule has 8 amide bonds. The Bertz CT molecular complexity index is 2190. The third-order valence-corrected chi connectivity index (χ3v) is 14.2. The summed E-state index contributed by atoms with van der Waals surface area (Å²) in [6, 6.07) is 7.25. The first-order valence-corrected chi connectivity index (χ1v) is 25.1. The molecule has 3 heterocycles. The van der Waals surface area contributed by atoms with Crippen molar-refractivity contribution in [2.45, 2.75) is 119 Å². The zero-order chi connectivity index (χ0) is 51.0. The van der Waals surface area contributed by atoms with Gasteiger partial charge in [0.15, 0.2) is 0 Å². The monoisotopic (exact) mass is 1020 g/mol. The molecule has 0 aromatic heterocycles. The van der Waals surface area contributed by atoms with Gasteiger partial charge < -0.3 is 50.4 Å². The normalized spacial score (nSPS) is 20.5. The van der Waals surface area contributed by atoms with E-state index in [2.05, 4.69) is 26.6 Å². The van der Waals surface area contributed by atoms with E-state index in [1.807, 2.05) is 11.8 Å². The summed E-state index contributed by atoms with van der Waals surface area (Å²) >= 11 is 1.88. The number of unbranched alkanes of at least 4 members (excludes halogenated alkanes) is 1. The molecule has 1 aliphatic carbocycles. The number of rotatable bonds is 29. The number of thioether (sulfide) groups is 1. The molecule has 18 nitrogen and oxygen atoms in total. The van der Waals surface area contributed by atoms with Crippen LogP contribution in [0.3, 0.4) is 0 Å². The third-order valence-electron chi connectivity index (χ3n) is 12.7. The van der Waals surface area contributed by atoms with E-state index in [0.29, 0.717) is 104 Å². The molecule has 0 bridgehead atoms. The molecule has 3 saturated heterocycles. The fourth-order valence-electron chi connectivity index (χ4n) is 8.79. The van der Waals surface area contributed by atoms with Gasteiger partial charge in [0.2, 0.25) is 29.2 Å². The lowest BCUT2D eigenvalue weighted by molar-refractivity contribution is -0.187. The van der Waals surface area contributed by atoms with Crippen molar-refractivity contribution in [3.05, 3.63) is 65.0 Å². The fourth-order valence-corrected chi connectivity index (χ4v) is 10.3. The van der Waals surface area contributed by atoms with E-state index in [9.17, 15) is 51.1 Å². The molecule has 71 heavy (non-hydrogen) atoms. The van der Waals surface area contributed by atoms with Gasteiger partial charge in [-0.05, 0) is 80.8 Å². The number of aryl methyl sites for hydroxylation is 1. The average Bonchev–Trinajstić information content (AvgIpc) is 4.06. The molecule has 23 heteroatoms. The van der Waals surface area contributed by atoms with E-state index < -0.39 is 54.6 Å². The Morgan fingerprint density at radius 3 is 2.14 bits per heavy atom. The van der Waals surface area contributed by atoms with Crippen LogP contribution in [-0.2, 0) is 61.5 Å². The number of nitrogens with one attached hydrogen (secondary N) is 5. The van der Waals surface area contributed by atoms with Gasteiger partial charge in [0.1, 0.15) is 18.4 Å². The number of carbonyl (C=O) groups excluding carboxylic acids is 7. The summed E-state index contributed by atoms with van der Waals surface area (Å²) in [5, 5.41) is 14.8. The number of imide groups is 1. The standard InChI is InChI=1S/C48H63F4N7O11S/c1-31(48(50,51)52)58(28-32-11-13-34(49)14-12-32)42(63)29-59-44(64)47(70-46(59)66)18-17-33-27-35(15-16-36(33)47)55-41(62)10-4-9-40(61)54-20-6-22-68-24-26-69-25-23-67-21-5-19-53-39(60)8-3-2-7-38-43-37(30-71-38)56-45(65)57-43/h11-16,27,31,37-38,43H,2-10,17-26,28-30H2,1H3,(H,53,60)(H,54,61)(H,55,62)(H2,56,57,65)/t31-,37-,38-,43?,47?/m0/s1. The molecule has 4 aliphatic rings. The van der Waals surface area contributed by atoms with E-state index in [0.717, 1.165) is 44.1 Å². The Hall–Kier alpha value is -5.52. The van der Waals surface area contributed by atoms with Crippen molar-refractivity contribution in [1.82, 2.24) is 31.1 Å². The van der Waals surface area contributed by atoms with Crippen LogP contribution in [0.25, 0.3) is 0 Å². The van der Waals surface area contributed by atoms with E-state index in [-0.39, 0.29) is 73.5 Å². The van der Waals surface area contributed by atoms with Crippen LogP contribution in [-0.4, -0.2) is 146 Å². The number of hydrogen-bond acceptors (Lipinski definition) is 12. The lowest BCUT2D eigenvalue weighted by Crippen LogP contribution is -2.51. The first-order valence-electron chi connectivity index (χ1n) is 24.1. The van der Waals surface area contributed by atoms with Crippen molar-refractivity contribution < 1.29 is 70.1 Å². The number of fused-ring (bicyclic) bond motifs is 3. The fraction of sp³-hybridized carbons (Fsp3) is 0.604. The Balaban J connectivity index is 0.761. The van der Waals surface area contributed by atoms with Crippen LogP contribution in [0.1, 0.15) is 87.8 Å². The number of alkyl halides is 3. The van der Waals surface area contributed by atoms with Gasteiger partial charge >= 0.3 is 18.3 Å². The van der Waals surface area contributed by atoms with E-state index in [1.54, 1.807) is 6.07 Å². The summed E-state index contributed by atoms with van der Waals surface area (Å²) in [5.74, 6) is -2.27. The summed E-state index contributed by atoms with van der Waals surface area (Å²) in [6.45, 7) is 2.70. The Labute approximate surface area is 413 Å². The molecular formula is C48H63F4N7O11S. The first kappa shape index (κ1) is 54.8. The second-order valence-corrected chi connectivity index (χ2v) is 19.1. The maximum atomic E-state index is 13.8. The number of carbonyl (C=O) groups is 7. The van der Waals surface area contributed by atoms with Gasteiger partial charge in [0.25, 0.3) is 5.91 Å². The lowest BCUT2D eigenvalue weighted by Gasteiger charge is -2.31. The van der Waals surface area contributed by atoms with Crippen molar-refractivity contribution >= 4 is 59.1 Å². The number of hydrogen-bond donors (Lipinski definition) is 5. The van der Waals surface area contributed by atoms with E-state index >= 15 is 0 Å². The second-order valence-electron chi connectivity index (χ2n) is 17.8. The number of nitrogens with zero attached hydrogens (tertiary/aromatic N) is 2. The van der Waals surface area contributed by atoms with E-state index in [1.165, 1.54) is 24.3 Å². The van der Waals surface area contributed by atoms with Crippen LogP contribution in [0.2, 0.25) is 0 Å². The molecular weight excluding hydrogens is 959 g/mol. The molecule has 3 fully saturated rings. The van der Waals surface area contributed by atoms with Crippen LogP contribution >= 0.6 is 11.8 Å². The number of amides is 8. The minimum absolute atomic E-state index is 0.0119. The molecule has 2 aromatic rings. The highest BCUT2D eigenvalue weighted by molar-refractivity contribution is 8.00. The highest BCUT2D eigenvalue weighted by atomic mass is 32.2. The maximum absolute atomic E-state index is 13.8. The van der Waals surface area contributed by atoms with Gasteiger partial charge in [-0.25, -0.2) is 18.9 Å². The highest BCUT2D eigenvalue weighted by Gasteiger charge is 2.59.